The van der Waals surface area contributed by atoms with Gasteiger partial charge in [-0.25, -0.2) is 5.84 Å². The second-order valence-electron chi connectivity index (χ2n) is 3.52. The van der Waals surface area contributed by atoms with E-state index in [0.717, 1.165) is 12.8 Å². The summed E-state index contributed by atoms with van der Waals surface area (Å²) < 4.78 is 5.31. The number of nitrogens with one attached hydrogen (secondary N) is 1. The quantitative estimate of drug-likeness (QED) is 0.313. The first-order chi connectivity index (χ1) is 7.83. The molecule has 0 radical (unpaired) electrons. The minimum atomic E-state index is -0.192. The van der Waals surface area contributed by atoms with E-state index in [1.807, 2.05) is 18.2 Å². The normalized spacial score (nSPS) is 10.1. The molecule has 0 aromatic heterocycles. The van der Waals surface area contributed by atoms with Crippen LogP contribution >= 0.6 is 0 Å². The van der Waals surface area contributed by atoms with Crippen molar-refractivity contribution in [2.75, 3.05) is 13.2 Å². The van der Waals surface area contributed by atoms with Gasteiger partial charge in [0.1, 0.15) is 0 Å². The second kappa shape index (κ2) is 7.84. The zero-order chi connectivity index (χ0) is 11.6. The van der Waals surface area contributed by atoms with Gasteiger partial charge < -0.3 is 4.74 Å². The van der Waals surface area contributed by atoms with Crippen molar-refractivity contribution < 1.29 is 9.53 Å². The van der Waals surface area contributed by atoms with Gasteiger partial charge in [0.15, 0.2) is 0 Å². The Morgan fingerprint density at radius 1 is 1.25 bits per heavy atom. The highest BCUT2D eigenvalue weighted by Gasteiger charge is 1.97. The fourth-order valence-corrected chi connectivity index (χ4v) is 1.36. The predicted molar refractivity (Wildman–Crippen MR) is 62.5 cm³/mol. The first-order valence-corrected chi connectivity index (χ1v) is 5.44. The molecule has 0 saturated carbocycles. The lowest BCUT2D eigenvalue weighted by molar-refractivity contribution is -0.122. The van der Waals surface area contributed by atoms with Gasteiger partial charge in [-0.1, -0.05) is 30.3 Å². The highest BCUT2D eigenvalue weighted by molar-refractivity contribution is 5.75. The van der Waals surface area contributed by atoms with E-state index < -0.39 is 0 Å². The van der Waals surface area contributed by atoms with Crippen LogP contribution in [0.4, 0.5) is 0 Å². The minimum absolute atomic E-state index is 0.192. The van der Waals surface area contributed by atoms with Gasteiger partial charge in [-0.3, -0.25) is 10.2 Å². The molecule has 0 atom stereocenters. The number of hydrazine groups is 1. The van der Waals surface area contributed by atoms with Crippen molar-refractivity contribution in [2.45, 2.75) is 19.3 Å². The first-order valence-electron chi connectivity index (χ1n) is 5.44. The molecule has 0 fully saturated rings. The molecular weight excluding hydrogens is 204 g/mol. The van der Waals surface area contributed by atoms with Crippen molar-refractivity contribution in [3.8, 4) is 0 Å². The SMILES string of the molecule is NNC(=O)CCOCCCc1ccccc1. The highest BCUT2D eigenvalue weighted by Crippen LogP contribution is 2.02. The highest BCUT2D eigenvalue weighted by atomic mass is 16.5. The molecule has 0 unspecified atom stereocenters. The lowest BCUT2D eigenvalue weighted by Gasteiger charge is -2.03. The van der Waals surface area contributed by atoms with Crippen molar-refractivity contribution in [2.24, 2.45) is 5.84 Å². The Morgan fingerprint density at radius 3 is 2.69 bits per heavy atom. The number of benzene rings is 1. The molecule has 0 aliphatic heterocycles. The van der Waals surface area contributed by atoms with Crippen molar-refractivity contribution in [3.63, 3.8) is 0 Å². The van der Waals surface area contributed by atoms with E-state index in [0.29, 0.717) is 19.6 Å². The van der Waals surface area contributed by atoms with Crippen LogP contribution in [0.2, 0.25) is 0 Å². The summed E-state index contributed by atoms with van der Waals surface area (Å²) in [4.78, 5) is 10.7. The number of hydrogen-bond acceptors (Lipinski definition) is 3. The molecular formula is C12H18N2O2. The lowest BCUT2D eigenvalue weighted by atomic mass is 10.1. The third-order valence-electron chi connectivity index (χ3n) is 2.23. The Morgan fingerprint density at radius 2 is 2.00 bits per heavy atom. The van der Waals surface area contributed by atoms with E-state index in [2.05, 4.69) is 17.6 Å². The van der Waals surface area contributed by atoms with Crippen LogP contribution in [0.25, 0.3) is 0 Å². The van der Waals surface area contributed by atoms with Crippen LogP contribution in [0.15, 0.2) is 30.3 Å². The van der Waals surface area contributed by atoms with Crippen molar-refractivity contribution in [1.82, 2.24) is 5.43 Å². The van der Waals surface area contributed by atoms with E-state index in [1.165, 1.54) is 5.56 Å². The second-order valence-corrected chi connectivity index (χ2v) is 3.52. The Hall–Kier alpha value is -1.39. The van der Waals surface area contributed by atoms with Gasteiger partial charge in [0.25, 0.3) is 0 Å². The third-order valence-corrected chi connectivity index (χ3v) is 2.23. The van der Waals surface area contributed by atoms with Crippen molar-refractivity contribution in [3.05, 3.63) is 35.9 Å². The number of aryl methyl sites for hydroxylation is 1. The number of nitrogens with two attached hydrogens (primary N) is 1. The standard InChI is InChI=1S/C12H18N2O2/c13-14-12(15)8-10-16-9-4-7-11-5-2-1-3-6-11/h1-3,5-6H,4,7-10,13H2,(H,14,15). The van der Waals surface area contributed by atoms with Crippen LogP contribution in [-0.2, 0) is 16.0 Å². The number of amides is 1. The molecule has 3 N–H and O–H groups in total. The minimum Gasteiger partial charge on any atom is -0.381 e. The average Bonchev–Trinajstić information content (AvgIpc) is 2.34. The molecule has 0 aliphatic carbocycles. The molecule has 0 bridgehead atoms. The Balaban J connectivity index is 1.98. The maximum Gasteiger partial charge on any atom is 0.236 e. The van der Waals surface area contributed by atoms with E-state index in [4.69, 9.17) is 10.6 Å². The molecule has 0 spiro atoms. The van der Waals surface area contributed by atoms with Gasteiger partial charge in [-0.05, 0) is 18.4 Å². The number of rotatable bonds is 7. The molecule has 4 heteroatoms. The van der Waals surface area contributed by atoms with E-state index in [1.54, 1.807) is 0 Å². The summed E-state index contributed by atoms with van der Waals surface area (Å²) in [5, 5.41) is 0. The van der Waals surface area contributed by atoms with Crippen LogP contribution in [0.1, 0.15) is 18.4 Å². The summed E-state index contributed by atoms with van der Waals surface area (Å²) in [6.07, 6.45) is 2.29. The van der Waals surface area contributed by atoms with E-state index >= 15 is 0 Å². The van der Waals surface area contributed by atoms with Crippen molar-refractivity contribution in [1.29, 1.82) is 0 Å². The molecule has 4 nitrogen and oxygen atoms in total. The molecule has 1 rings (SSSR count). The maximum absolute atomic E-state index is 10.7. The summed E-state index contributed by atoms with van der Waals surface area (Å²) >= 11 is 0. The van der Waals surface area contributed by atoms with Gasteiger partial charge in [0.2, 0.25) is 5.91 Å². The third kappa shape index (κ3) is 5.48. The zero-order valence-electron chi connectivity index (χ0n) is 9.32. The lowest BCUT2D eigenvalue weighted by Crippen LogP contribution is -2.30. The summed E-state index contributed by atoms with van der Waals surface area (Å²) in [5.74, 6) is 4.74. The summed E-state index contributed by atoms with van der Waals surface area (Å²) in [7, 11) is 0. The number of ether oxygens (including phenoxy) is 1. The van der Waals surface area contributed by atoms with E-state index in [-0.39, 0.29) is 5.91 Å². The van der Waals surface area contributed by atoms with Gasteiger partial charge in [0.05, 0.1) is 13.0 Å². The molecule has 16 heavy (non-hydrogen) atoms. The van der Waals surface area contributed by atoms with Crippen LogP contribution in [0, 0.1) is 0 Å². The number of carbonyl (C=O) groups is 1. The number of carbonyl (C=O) groups excluding carboxylic acids is 1. The van der Waals surface area contributed by atoms with Gasteiger partial charge in [0, 0.05) is 6.61 Å². The molecule has 1 amide bonds. The monoisotopic (exact) mass is 222 g/mol. The van der Waals surface area contributed by atoms with Crippen LogP contribution < -0.4 is 11.3 Å². The average molecular weight is 222 g/mol. The Labute approximate surface area is 95.8 Å². The fraction of sp³-hybridized carbons (Fsp3) is 0.417. The van der Waals surface area contributed by atoms with Gasteiger partial charge in [-0.15, -0.1) is 0 Å². The molecule has 0 saturated heterocycles. The van der Waals surface area contributed by atoms with Gasteiger partial charge >= 0.3 is 0 Å². The molecule has 1 aromatic rings. The molecule has 88 valence electrons. The van der Waals surface area contributed by atoms with Crippen molar-refractivity contribution >= 4 is 5.91 Å². The topological polar surface area (TPSA) is 64.3 Å². The summed E-state index contributed by atoms with van der Waals surface area (Å²) in [6.45, 7) is 1.10. The largest absolute Gasteiger partial charge is 0.381 e. The van der Waals surface area contributed by atoms with Crippen LogP contribution in [0.5, 0.6) is 0 Å². The molecule has 0 aliphatic rings. The van der Waals surface area contributed by atoms with Crippen LogP contribution in [0.3, 0.4) is 0 Å². The number of hydrogen-bond donors (Lipinski definition) is 2. The Bertz CT molecular complexity index is 301. The smallest absolute Gasteiger partial charge is 0.236 e. The molecule has 1 aromatic carbocycles. The van der Waals surface area contributed by atoms with Crippen LogP contribution in [-0.4, -0.2) is 19.1 Å². The predicted octanol–water partition coefficient (Wildman–Crippen LogP) is 1.02. The summed E-state index contributed by atoms with van der Waals surface area (Å²) in [5.41, 5.74) is 3.37. The Kier molecular flexibility index (Phi) is 6.22. The summed E-state index contributed by atoms with van der Waals surface area (Å²) in [6, 6.07) is 10.3. The zero-order valence-corrected chi connectivity index (χ0v) is 9.32. The first kappa shape index (κ1) is 12.7. The maximum atomic E-state index is 10.7. The fourth-order valence-electron chi connectivity index (χ4n) is 1.36. The van der Waals surface area contributed by atoms with Gasteiger partial charge in [-0.2, -0.15) is 0 Å². The van der Waals surface area contributed by atoms with E-state index in [9.17, 15) is 4.79 Å². The molecule has 0 heterocycles.